The number of hydrogen-bond donors (Lipinski definition) is 0. The highest BCUT2D eigenvalue weighted by Gasteiger charge is 2.35. The zero-order valence-electron chi connectivity index (χ0n) is 11.3. The Morgan fingerprint density at radius 2 is 1.89 bits per heavy atom. The van der Waals surface area contributed by atoms with Crippen molar-refractivity contribution in [2.45, 2.75) is 18.9 Å². The van der Waals surface area contributed by atoms with Crippen molar-refractivity contribution < 1.29 is 0 Å². The van der Waals surface area contributed by atoms with Gasteiger partial charge in [0.05, 0.1) is 6.04 Å². The molecule has 0 bridgehead atoms. The third-order valence-electron chi connectivity index (χ3n) is 4.48. The van der Waals surface area contributed by atoms with Crippen molar-refractivity contribution in [2.75, 3.05) is 11.9 Å². The van der Waals surface area contributed by atoms with Crippen molar-refractivity contribution in [2.24, 2.45) is 0 Å². The van der Waals surface area contributed by atoms with Gasteiger partial charge in [0, 0.05) is 18.7 Å². The van der Waals surface area contributed by atoms with E-state index in [0.29, 0.717) is 12.0 Å². The van der Waals surface area contributed by atoms with Gasteiger partial charge in [0.1, 0.15) is 0 Å². The Kier molecular flexibility index (Phi) is 2.14. The number of anilines is 1. The fourth-order valence-corrected chi connectivity index (χ4v) is 3.52. The van der Waals surface area contributed by atoms with E-state index in [0.717, 1.165) is 0 Å². The van der Waals surface area contributed by atoms with E-state index in [4.69, 9.17) is 0 Å². The molecule has 0 saturated heterocycles. The minimum absolute atomic E-state index is 0.478. The molecule has 4 rings (SSSR count). The molecule has 2 aromatic rings. The van der Waals surface area contributed by atoms with Gasteiger partial charge in [0.25, 0.3) is 0 Å². The lowest BCUT2D eigenvalue weighted by molar-refractivity contribution is 0.719. The monoisotopic (exact) mass is 247 g/mol. The van der Waals surface area contributed by atoms with Gasteiger partial charge in [0.15, 0.2) is 0 Å². The Bertz CT molecular complexity index is 724. The molecule has 19 heavy (non-hydrogen) atoms. The van der Waals surface area contributed by atoms with Crippen LogP contribution in [0.25, 0.3) is 10.8 Å². The van der Waals surface area contributed by atoms with Crippen LogP contribution in [0.1, 0.15) is 18.4 Å². The van der Waals surface area contributed by atoms with Crippen LogP contribution in [0.15, 0.2) is 60.2 Å². The van der Waals surface area contributed by atoms with Gasteiger partial charge in [0.2, 0.25) is 0 Å². The van der Waals surface area contributed by atoms with Crippen molar-refractivity contribution >= 4 is 16.5 Å². The number of nitrogens with zero attached hydrogens (tertiary/aromatic N) is 1. The van der Waals surface area contributed by atoms with Crippen LogP contribution in [-0.4, -0.2) is 13.1 Å². The number of hydrogen-bond acceptors (Lipinski definition) is 1. The minimum atomic E-state index is 0.478. The smallest absolute Gasteiger partial charge is 0.0579 e. The van der Waals surface area contributed by atoms with E-state index in [2.05, 4.69) is 73.5 Å². The first-order valence-electron chi connectivity index (χ1n) is 6.87. The highest BCUT2D eigenvalue weighted by Crippen LogP contribution is 2.46. The summed E-state index contributed by atoms with van der Waals surface area (Å²) in [5.74, 6) is 0.495. The lowest BCUT2D eigenvalue weighted by atomic mass is 9.87. The molecule has 0 fully saturated rings. The molecule has 2 unspecified atom stereocenters. The number of fused-ring (bicyclic) bond motifs is 5. The number of rotatable bonds is 0. The molecule has 0 aromatic heterocycles. The second kappa shape index (κ2) is 3.74. The standard InChI is InChI=1S/C18H17N/c1-12-7-9-15-17(11-12)19(2)16-10-8-13-5-3-4-6-14(13)18(15)16/h3-11,15,17H,1-2H3. The number of likely N-dealkylation sites (N-methyl/N-ethyl adjacent to an activating group) is 1. The van der Waals surface area contributed by atoms with E-state index in [1.807, 2.05) is 0 Å². The van der Waals surface area contributed by atoms with Crippen LogP contribution in [0.2, 0.25) is 0 Å². The summed E-state index contributed by atoms with van der Waals surface area (Å²) in [5, 5.41) is 2.74. The molecule has 2 aromatic carbocycles. The minimum Gasteiger partial charge on any atom is -0.367 e. The molecule has 94 valence electrons. The van der Waals surface area contributed by atoms with Gasteiger partial charge in [-0.25, -0.2) is 0 Å². The molecular formula is C18H17N. The van der Waals surface area contributed by atoms with E-state index < -0.39 is 0 Å². The zero-order chi connectivity index (χ0) is 13.0. The summed E-state index contributed by atoms with van der Waals surface area (Å²) in [6.45, 7) is 2.18. The van der Waals surface area contributed by atoms with E-state index in [1.165, 1.54) is 27.6 Å². The highest BCUT2D eigenvalue weighted by atomic mass is 15.2. The normalized spacial score (nSPS) is 24.3. The summed E-state index contributed by atoms with van der Waals surface area (Å²) in [4.78, 5) is 2.42. The summed E-state index contributed by atoms with van der Waals surface area (Å²) < 4.78 is 0. The third-order valence-corrected chi connectivity index (χ3v) is 4.48. The van der Waals surface area contributed by atoms with E-state index in [-0.39, 0.29) is 0 Å². The largest absolute Gasteiger partial charge is 0.367 e. The Morgan fingerprint density at radius 3 is 2.79 bits per heavy atom. The molecular weight excluding hydrogens is 230 g/mol. The predicted molar refractivity (Wildman–Crippen MR) is 81.8 cm³/mol. The molecule has 2 atom stereocenters. The fourth-order valence-electron chi connectivity index (χ4n) is 3.52. The Balaban J connectivity index is 2.02. The van der Waals surface area contributed by atoms with Crippen LogP contribution in [0, 0.1) is 0 Å². The zero-order valence-corrected chi connectivity index (χ0v) is 11.3. The number of allylic oxidation sites excluding steroid dienone is 2. The van der Waals surface area contributed by atoms with Crippen LogP contribution in [0.5, 0.6) is 0 Å². The first-order valence-corrected chi connectivity index (χ1v) is 6.87. The first-order chi connectivity index (χ1) is 9.25. The summed E-state index contributed by atoms with van der Waals surface area (Å²) in [6.07, 6.45) is 7.01. The molecule has 0 N–H and O–H groups in total. The van der Waals surface area contributed by atoms with Gasteiger partial charge < -0.3 is 4.90 Å². The van der Waals surface area contributed by atoms with E-state index in [9.17, 15) is 0 Å². The van der Waals surface area contributed by atoms with Crippen molar-refractivity contribution in [3.63, 3.8) is 0 Å². The van der Waals surface area contributed by atoms with Crippen LogP contribution < -0.4 is 4.90 Å². The van der Waals surface area contributed by atoms with Gasteiger partial charge in [-0.15, -0.1) is 0 Å². The highest BCUT2D eigenvalue weighted by molar-refractivity contribution is 5.93. The van der Waals surface area contributed by atoms with Crippen molar-refractivity contribution in [3.05, 3.63) is 65.8 Å². The topological polar surface area (TPSA) is 3.24 Å². The van der Waals surface area contributed by atoms with Gasteiger partial charge in [-0.3, -0.25) is 0 Å². The predicted octanol–water partition coefficient (Wildman–Crippen LogP) is 4.26. The van der Waals surface area contributed by atoms with Gasteiger partial charge >= 0.3 is 0 Å². The molecule has 1 aliphatic carbocycles. The van der Waals surface area contributed by atoms with Crippen molar-refractivity contribution in [1.29, 1.82) is 0 Å². The summed E-state index contributed by atoms with van der Waals surface area (Å²) in [7, 11) is 2.21. The maximum atomic E-state index is 2.42. The average molecular weight is 247 g/mol. The average Bonchev–Trinajstić information content (AvgIpc) is 2.72. The van der Waals surface area contributed by atoms with Crippen LogP contribution >= 0.6 is 0 Å². The molecule has 0 amide bonds. The first kappa shape index (κ1) is 10.9. The Hall–Kier alpha value is -2.02. The van der Waals surface area contributed by atoms with Crippen LogP contribution in [-0.2, 0) is 0 Å². The second-order valence-electron chi connectivity index (χ2n) is 5.62. The third kappa shape index (κ3) is 1.42. The second-order valence-corrected chi connectivity index (χ2v) is 5.62. The van der Waals surface area contributed by atoms with Gasteiger partial charge in [-0.05, 0) is 29.3 Å². The summed E-state index contributed by atoms with van der Waals surface area (Å²) in [6, 6.07) is 13.7. The van der Waals surface area contributed by atoms with Crippen molar-refractivity contribution in [1.82, 2.24) is 0 Å². The maximum absolute atomic E-state index is 2.42. The lowest BCUT2D eigenvalue weighted by Crippen LogP contribution is -2.29. The maximum Gasteiger partial charge on any atom is 0.0579 e. The fraction of sp³-hybridized carbons (Fsp3) is 0.222. The molecule has 0 radical (unpaired) electrons. The van der Waals surface area contributed by atoms with Crippen molar-refractivity contribution in [3.8, 4) is 0 Å². The molecule has 1 heterocycles. The summed E-state index contributed by atoms with van der Waals surface area (Å²) in [5.41, 5.74) is 4.24. The van der Waals surface area contributed by atoms with Gasteiger partial charge in [-0.2, -0.15) is 0 Å². The quantitative estimate of drug-likeness (QED) is 0.672. The van der Waals surface area contributed by atoms with E-state index >= 15 is 0 Å². The van der Waals surface area contributed by atoms with E-state index in [1.54, 1.807) is 0 Å². The molecule has 1 heteroatoms. The Labute approximate surface area is 113 Å². The van der Waals surface area contributed by atoms with Crippen LogP contribution in [0.3, 0.4) is 0 Å². The SMILES string of the molecule is CC1=CC2C(C=C1)c1c(ccc3ccccc13)N2C. The Morgan fingerprint density at radius 1 is 1.05 bits per heavy atom. The van der Waals surface area contributed by atoms with Gasteiger partial charge in [-0.1, -0.05) is 54.1 Å². The molecule has 0 saturated carbocycles. The molecule has 1 nitrogen and oxygen atoms in total. The molecule has 0 spiro atoms. The molecule has 2 aliphatic rings. The summed E-state index contributed by atoms with van der Waals surface area (Å²) >= 11 is 0. The number of benzene rings is 2. The lowest BCUT2D eigenvalue weighted by Gasteiger charge is -2.25. The van der Waals surface area contributed by atoms with Crippen LogP contribution in [0.4, 0.5) is 5.69 Å². The molecule has 1 aliphatic heterocycles.